The number of aliphatic carboxylic acids is 1. The van der Waals surface area contributed by atoms with Crippen molar-refractivity contribution in [2.75, 3.05) is 13.1 Å². The van der Waals surface area contributed by atoms with E-state index in [9.17, 15) is 14.4 Å². The molecule has 2 aliphatic rings. The predicted molar refractivity (Wildman–Crippen MR) is 67.3 cm³/mol. The molecule has 19 heavy (non-hydrogen) atoms. The maximum atomic E-state index is 12.6. The van der Waals surface area contributed by atoms with Gasteiger partial charge in [-0.2, -0.15) is 0 Å². The SMILES string of the molecule is CC1(C(=O)N2CCNC(=O)C2CC(=O)O)CCCC1. The molecular weight excluding hydrogens is 248 g/mol. The molecular formula is C13H20N2O4. The Labute approximate surface area is 112 Å². The van der Waals surface area contributed by atoms with E-state index in [1.54, 1.807) is 0 Å². The van der Waals surface area contributed by atoms with Crippen LogP contribution in [0.25, 0.3) is 0 Å². The maximum absolute atomic E-state index is 12.6. The van der Waals surface area contributed by atoms with Gasteiger partial charge in [-0.05, 0) is 12.8 Å². The zero-order valence-corrected chi connectivity index (χ0v) is 11.1. The van der Waals surface area contributed by atoms with Crippen LogP contribution < -0.4 is 5.32 Å². The number of nitrogens with zero attached hydrogens (tertiary/aromatic N) is 1. The van der Waals surface area contributed by atoms with Crippen molar-refractivity contribution in [1.82, 2.24) is 10.2 Å². The molecule has 6 heteroatoms. The lowest BCUT2D eigenvalue weighted by atomic mass is 9.86. The standard InChI is InChI=1S/C13H20N2O4/c1-13(4-2-3-5-13)12(19)15-7-6-14-11(18)9(15)8-10(16)17/h9H,2-8H2,1H3,(H,14,18)(H,16,17). The summed E-state index contributed by atoms with van der Waals surface area (Å²) in [5.74, 6) is -1.48. The highest BCUT2D eigenvalue weighted by Crippen LogP contribution is 2.39. The Bertz CT molecular complexity index is 401. The fraction of sp³-hybridized carbons (Fsp3) is 0.769. The van der Waals surface area contributed by atoms with Gasteiger partial charge >= 0.3 is 5.97 Å². The molecule has 0 aromatic heterocycles. The van der Waals surface area contributed by atoms with Gasteiger partial charge in [0.15, 0.2) is 0 Å². The number of carbonyl (C=O) groups is 3. The number of amides is 2. The van der Waals surface area contributed by atoms with Crippen LogP contribution in [0.4, 0.5) is 0 Å². The van der Waals surface area contributed by atoms with Crippen molar-refractivity contribution < 1.29 is 19.5 Å². The van der Waals surface area contributed by atoms with E-state index in [0.29, 0.717) is 13.1 Å². The molecule has 1 heterocycles. The number of carboxylic acids is 1. The highest BCUT2D eigenvalue weighted by molar-refractivity contribution is 5.93. The van der Waals surface area contributed by atoms with Gasteiger partial charge in [-0.1, -0.05) is 19.8 Å². The molecule has 1 aliphatic heterocycles. The topological polar surface area (TPSA) is 86.7 Å². The molecule has 0 aromatic carbocycles. The van der Waals surface area contributed by atoms with Crippen molar-refractivity contribution in [3.63, 3.8) is 0 Å². The number of hydrogen-bond donors (Lipinski definition) is 2. The lowest BCUT2D eigenvalue weighted by molar-refractivity contribution is -0.153. The molecule has 0 spiro atoms. The largest absolute Gasteiger partial charge is 0.481 e. The quantitative estimate of drug-likeness (QED) is 0.774. The maximum Gasteiger partial charge on any atom is 0.305 e. The van der Waals surface area contributed by atoms with Gasteiger partial charge in [-0.15, -0.1) is 0 Å². The molecule has 0 bridgehead atoms. The average Bonchev–Trinajstić information content (AvgIpc) is 2.79. The Hall–Kier alpha value is -1.59. The van der Waals surface area contributed by atoms with Crippen LogP contribution in [0, 0.1) is 5.41 Å². The van der Waals surface area contributed by atoms with E-state index in [1.165, 1.54) is 4.90 Å². The highest BCUT2D eigenvalue weighted by atomic mass is 16.4. The lowest BCUT2D eigenvalue weighted by Crippen LogP contribution is -2.60. The summed E-state index contributed by atoms with van der Waals surface area (Å²) in [5.41, 5.74) is -0.422. The molecule has 1 saturated heterocycles. The predicted octanol–water partition coefficient (Wildman–Crippen LogP) is 0.368. The third-order valence-electron chi connectivity index (χ3n) is 4.18. The van der Waals surface area contributed by atoms with E-state index in [0.717, 1.165) is 25.7 Å². The van der Waals surface area contributed by atoms with E-state index in [4.69, 9.17) is 5.11 Å². The van der Waals surface area contributed by atoms with Crippen molar-refractivity contribution in [3.05, 3.63) is 0 Å². The summed E-state index contributed by atoms with van der Waals surface area (Å²) >= 11 is 0. The summed E-state index contributed by atoms with van der Waals surface area (Å²) in [7, 11) is 0. The molecule has 0 radical (unpaired) electrons. The van der Waals surface area contributed by atoms with Gasteiger partial charge in [0.1, 0.15) is 6.04 Å². The second-order valence-corrected chi connectivity index (χ2v) is 5.67. The zero-order chi connectivity index (χ0) is 14.0. The van der Waals surface area contributed by atoms with Crippen LogP contribution >= 0.6 is 0 Å². The van der Waals surface area contributed by atoms with Crippen molar-refractivity contribution >= 4 is 17.8 Å². The molecule has 106 valence electrons. The normalized spacial score (nSPS) is 26.1. The number of hydrogen-bond acceptors (Lipinski definition) is 3. The zero-order valence-electron chi connectivity index (χ0n) is 11.1. The van der Waals surface area contributed by atoms with E-state index >= 15 is 0 Å². The first-order chi connectivity index (χ1) is 8.94. The van der Waals surface area contributed by atoms with Crippen LogP contribution in [0.2, 0.25) is 0 Å². The fourth-order valence-electron chi connectivity index (χ4n) is 3.04. The van der Waals surface area contributed by atoms with Crippen LogP contribution in [-0.4, -0.2) is 46.9 Å². The number of carbonyl (C=O) groups excluding carboxylic acids is 2. The first-order valence-corrected chi connectivity index (χ1v) is 6.75. The van der Waals surface area contributed by atoms with Crippen LogP contribution in [0.5, 0.6) is 0 Å². The minimum absolute atomic E-state index is 0.0638. The Morgan fingerprint density at radius 3 is 2.63 bits per heavy atom. The van der Waals surface area contributed by atoms with E-state index in [-0.39, 0.29) is 18.2 Å². The second-order valence-electron chi connectivity index (χ2n) is 5.67. The second kappa shape index (κ2) is 5.19. The van der Waals surface area contributed by atoms with E-state index < -0.39 is 17.4 Å². The summed E-state index contributed by atoms with van der Waals surface area (Å²) < 4.78 is 0. The summed E-state index contributed by atoms with van der Waals surface area (Å²) in [4.78, 5) is 36.7. The monoisotopic (exact) mass is 268 g/mol. The van der Waals surface area contributed by atoms with Gasteiger partial charge in [0.25, 0.3) is 0 Å². The highest BCUT2D eigenvalue weighted by Gasteiger charge is 2.44. The van der Waals surface area contributed by atoms with Crippen LogP contribution in [0.15, 0.2) is 0 Å². The van der Waals surface area contributed by atoms with Gasteiger partial charge in [-0.25, -0.2) is 0 Å². The minimum atomic E-state index is -1.06. The van der Waals surface area contributed by atoms with Gasteiger partial charge < -0.3 is 15.3 Å². The minimum Gasteiger partial charge on any atom is -0.481 e. The molecule has 2 fully saturated rings. The molecule has 2 N–H and O–H groups in total. The van der Waals surface area contributed by atoms with Crippen LogP contribution in [0.1, 0.15) is 39.0 Å². The molecule has 1 saturated carbocycles. The Morgan fingerprint density at radius 2 is 2.05 bits per heavy atom. The molecule has 1 aliphatic carbocycles. The molecule has 2 amide bonds. The molecule has 1 unspecified atom stereocenters. The number of rotatable bonds is 3. The third kappa shape index (κ3) is 2.72. The van der Waals surface area contributed by atoms with Gasteiger partial charge in [0, 0.05) is 18.5 Å². The molecule has 6 nitrogen and oxygen atoms in total. The molecule has 2 rings (SSSR count). The van der Waals surface area contributed by atoms with Crippen LogP contribution in [-0.2, 0) is 14.4 Å². The summed E-state index contributed by atoms with van der Waals surface area (Å²) in [6.45, 7) is 2.72. The summed E-state index contributed by atoms with van der Waals surface area (Å²) in [6.07, 6.45) is 3.36. The summed E-state index contributed by atoms with van der Waals surface area (Å²) in [6, 6.07) is -0.865. The van der Waals surface area contributed by atoms with Crippen molar-refractivity contribution in [2.45, 2.75) is 45.1 Å². The van der Waals surface area contributed by atoms with Gasteiger partial charge in [0.05, 0.1) is 6.42 Å². The first kappa shape index (κ1) is 13.8. The number of nitrogens with one attached hydrogen (secondary N) is 1. The van der Waals surface area contributed by atoms with Crippen molar-refractivity contribution in [3.8, 4) is 0 Å². The summed E-state index contributed by atoms with van der Waals surface area (Å²) in [5, 5.41) is 11.5. The Kier molecular flexibility index (Phi) is 3.78. The van der Waals surface area contributed by atoms with E-state index in [1.807, 2.05) is 6.92 Å². The van der Waals surface area contributed by atoms with Crippen molar-refractivity contribution in [2.24, 2.45) is 5.41 Å². The van der Waals surface area contributed by atoms with Gasteiger partial charge in [0.2, 0.25) is 11.8 Å². The number of piperazine rings is 1. The fourth-order valence-corrected chi connectivity index (χ4v) is 3.04. The smallest absolute Gasteiger partial charge is 0.305 e. The Morgan fingerprint density at radius 1 is 1.42 bits per heavy atom. The van der Waals surface area contributed by atoms with Crippen molar-refractivity contribution in [1.29, 1.82) is 0 Å². The van der Waals surface area contributed by atoms with Crippen LogP contribution in [0.3, 0.4) is 0 Å². The van der Waals surface area contributed by atoms with E-state index in [2.05, 4.69) is 5.32 Å². The molecule has 0 aromatic rings. The number of carboxylic acid groups (broad SMARTS) is 1. The third-order valence-corrected chi connectivity index (χ3v) is 4.18. The van der Waals surface area contributed by atoms with Gasteiger partial charge in [-0.3, -0.25) is 14.4 Å². The average molecular weight is 268 g/mol. The Balaban J connectivity index is 2.17. The first-order valence-electron chi connectivity index (χ1n) is 6.75. The lowest BCUT2D eigenvalue weighted by Gasteiger charge is -2.39. The molecule has 1 atom stereocenters.